The summed E-state index contributed by atoms with van der Waals surface area (Å²) in [7, 11) is 1.61. The Hall–Kier alpha value is -2.69. The molecule has 0 bridgehead atoms. The van der Waals surface area contributed by atoms with Crippen molar-refractivity contribution in [3.63, 3.8) is 0 Å². The van der Waals surface area contributed by atoms with Gasteiger partial charge >= 0.3 is 6.03 Å². The van der Waals surface area contributed by atoms with Gasteiger partial charge in [0, 0.05) is 6.54 Å². The van der Waals surface area contributed by atoms with Gasteiger partial charge in [0.2, 0.25) is 0 Å². The van der Waals surface area contributed by atoms with E-state index in [4.69, 9.17) is 9.47 Å². The Morgan fingerprint density at radius 2 is 1.95 bits per heavy atom. The lowest BCUT2D eigenvalue weighted by atomic mass is 10.1. The summed E-state index contributed by atoms with van der Waals surface area (Å²) in [6, 6.07) is 15.5. The quantitative estimate of drug-likeness (QED) is 0.892. The lowest BCUT2D eigenvalue weighted by Gasteiger charge is -2.15. The number of nitrogens with one attached hydrogen (secondary N) is 2. The van der Waals surface area contributed by atoms with Crippen molar-refractivity contribution >= 4 is 6.03 Å². The van der Waals surface area contributed by atoms with Crippen LogP contribution in [0.5, 0.6) is 11.5 Å². The van der Waals surface area contributed by atoms with E-state index in [0.717, 1.165) is 11.1 Å². The molecule has 1 aliphatic rings. The maximum Gasteiger partial charge on any atom is 0.315 e. The van der Waals surface area contributed by atoms with E-state index in [-0.39, 0.29) is 12.1 Å². The van der Waals surface area contributed by atoms with Gasteiger partial charge in [0.05, 0.1) is 13.2 Å². The zero-order chi connectivity index (χ0) is 15.4. The molecule has 0 unspecified atom stereocenters. The highest BCUT2D eigenvalue weighted by atomic mass is 16.5. The van der Waals surface area contributed by atoms with Crippen LogP contribution in [0, 0.1) is 0 Å². The topological polar surface area (TPSA) is 59.6 Å². The first-order chi connectivity index (χ1) is 10.8. The second-order valence-electron chi connectivity index (χ2n) is 5.09. The predicted molar refractivity (Wildman–Crippen MR) is 83.0 cm³/mol. The standard InChI is InChI=1S/C17H18N2O3/c1-21-15-8-7-13(14-10-18-17(20)19-14)9-16(15)22-11-12-5-3-2-4-6-12/h2-9,14H,10-11H2,1H3,(H2,18,19,20)/t14-/m1/s1. The van der Waals surface area contributed by atoms with Crippen LogP contribution in [-0.4, -0.2) is 19.7 Å². The highest BCUT2D eigenvalue weighted by molar-refractivity contribution is 5.77. The molecule has 2 aromatic carbocycles. The number of hydrogen-bond acceptors (Lipinski definition) is 3. The second-order valence-corrected chi connectivity index (χ2v) is 5.09. The molecular formula is C17H18N2O3. The molecule has 1 fully saturated rings. The minimum atomic E-state index is -0.146. The molecule has 22 heavy (non-hydrogen) atoms. The van der Waals surface area contributed by atoms with Crippen molar-refractivity contribution in [2.45, 2.75) is 12.6 Å². The smallest absolute Gasteiger partial charge is 0.315 e. The van der Waals surface area contributed by atoms with Crippen LogP contribution in [0.25, 0.3) is 0 Å². The van der Waals surface area contributed by atoms with Crippen LogP contribution in [0.4, 0.5) is 4.79 Å². The number of carbonyl (C=O) groups is 1. The normalized spacial score (nSPS) is 16.8. The van der Waals surface area contributed by atoms with E-state index in [9.17, 15) is 4.79 Å². The van der Waals surface area contributed by atoms with Gasteiger partial charge in [-0.2, -0.15) is 0 Å². The summed E-state index contributed by atoms with van der Waals surface area (Å²) < 4.78 is 11.2. The zero-order valence-corrected chi connectivity index (χ0v) is 12.3. The summed E-state index contributed by atoms with van der Waals surface area (Å²) in [5.74, 6) is 1.35. The lowest BCUT2D eigenvalue weighted by molar-refractivity contribution is 0.247. The summed E-state index contributed by atoms with van der Waals surface area (Å²) >= 11 is 0. The fraction of sp³-hybridized carbons (Fsp3) is 0.235. The van der Waals surface area contributed by atoms with Gasteiger partial charge in [0.1, 0.15) is 6.61 Å². The Balaban J connectivity index is 1.77. The Bertz CT molecular complexity index is 658. The largest absolute Gasteiger partial charge is 0.493 e. The van der Waals surface area contributed by atoms with Crippen LogP contribution < -0.4 is 20.1 Å². The van der Waals surface area contributed by atoms with E-state index in [0.29, 0.717) is 24.7 Å². The number of methoxy groups -OCH3 is 1. The minimum Gasteiger partial charge on any atom is -0.493 e. The molecule has 0 spiro atoms. The van der Waals surface area contributed by atoms with Crippen molar-refractivity contribution in [3.05, 3.63) is 59.7 Å². The molecule has 5 heteroatoms. The Morgan fingerprint density at radius 3 is 2.64 bits per heavy atom. The first-order valence-corrected chi connectivity index (χ1v) is 7.15. The molecule has 0 radical (unpaired) electrons. The molecule has 1 heterocycles. The number of carbonyl (C=O) groups excluding carboxylic acids is 1. The van der Waals surface area contributed by atoms with E-state index in [2.05, 4.69) is 10.6 Å². The molecule has 5 nitrogen and oxygen atoms in total. The molecule has 0 saturated carbocycles. The van der Waals surface area contributed by atoms with Gasteiger partial charge in [-0.05, 0) is 23.3 Å². The third-order valence-corrected chi connectivity index (χ3v) is 3.60. The van der Waals surface area contributed by atoms with Gasteiger partial charge in [-0.3, -0.25) is 0 Å². The van der Waals surface area contributed by atoms with Crippen LogP contribution >= 0.6 is 0 Å². The van der Waals surface area contributed by atoms with Gasteiger partial charge < -0.3 is 20.1 Å². The minimum absolute atomic E-state index is 0.0440. The SMILES string of the molecule is COc1ccc([C@H]2CNC(=O)N2)cc1OCc1ccccc1. The van der Waals surface area contributed by atoms with Crippen molar-refractivity contribution < 1.29 is 14.3 Å². The van der Waals surface area contributed by atoms with Crippen molar-refractivity contribution in [1.29, 1.82) is 0 Å². The fourth-order valence-corrected chi connectivity index (χ4v) is 2.41. The molecule has 1 saturated heterocycles. The molecular weight excluding hydrogens is 280 g/mol. The number of benzene rings is 2. The van der Waals surface area contributed by atoms with Gasteiger partial charge in [0.25, 0.3) is 0 Å². The van der Waals surface area contributed by atoms with Crippen LogP contribution in [0.1, 0.15) is 17.2 Å². The summed E-state index contributed by atoms with van der Waals surface area (Å²) in [4.78, 5) is 11.3. The zero-order valence-electron chi connectivity index (χ0n) is 12.3. The molecule has 114 valence electrons. The molecule has 3 rings (SSSR count). The highest BCUT2D eigenvalue weighted by Crippen LogP contribution is 2.31. The molecule has 2 N–H and O–H groups in total. The number of amides is 2. The van der Waals surface area contributed by atoms with E-state index in [1.165, 1.54) is 0 Å². The van der Waals surface area contributed by atoms with Gasteiger partial charge in [-0.15, -0.1) is 0 Å². The van der Waals surface area contributed by atoms with Crippen molar-refractivity contribution in [3.8, 4) is 11.5 Å². The second kappa shape index (κ2) is 6.39. The van der Waals surface area contributed by atoms with Crippen molar-refractivity contribution in [2.75, 3.05) is 13.7 Å². The Kier molecular flexibility index (Phi) is 4.14. The van der Waals surface area contributed by atoms with Crippen LogP contribution in [0.3, 0.4) is 0 Å². The maximum atomic E-state index is 11.3. The molecule has 1 aliphatic heterocycles. The third-order valence-electron chi connectivity index (χ3n) is 3.60. The van der Waals surface area contributed by atoms with Gasteiger partial charge in [0.15, 0.2) is 11.5 Å². The molecule has 0 aromatic heterocycles. The number of ether oxygens (including phenoxy) is 2. The van der Waals surface area contributed by atoms with Crippen LogP contribution in [0.2, 0.25) is 0 Å². The van der Waals surface area contributed by atoms with Crippen molar-refractivity contribution in [1.82, 2.24) is 10.6 Å². The summed E-state index contributed by atoms with van der Waals surface area (Å²) in [6.45, 7) is 1.04. The summed E-state index contributed by atoms with van der Waals surface area (Å²) in [6.07, 6.45) is 0. The van der Waals surface area contributed by atoms with Gasteiger partial charge in [-0.25, -0.2) is 4.79 Å². The number of rotatable bonds is 5. The van der Waals surface area contributed by atoms with E-state index >= 15 is 0 Å². The number of hydrogen-bond donors (Lipinski definition) is 2. The third kappa shape index (κ3) is 3.14. The van der Waals surface area contributed by atoms with E-state index in [1.807, 2.05) is 48.5 Å². The summed E-state index contributed by atoms with van der Waals surface area (Å²) in [5.41, 5.74) is 2.08. The monoisotopic (exact) mass is 298 g/mol. The average Bonchev–Trinajstić information content (AvgIpc) is 3.00. The molecule has 2 amide bonds. The van der Waals surface area contributed by atoms with E-state index in [1.54, 1.807) is 7.11 Å². The van der Waals surface area contributed by atoms with Crippen molar-refractivity contribution in [2.24, 2.45) is 0 Å². The molecule has 2 aromatic rings. The number of urea groups is 1. The lowest BCUT2D eigenvalue weighted by Crippen LogP contribution is -2.21. The fourth-order valence-electron chi connectivity index (χ4n) is 2.41. The maximum absolute atomic E-state index is 11.3. The molecule has 1 atom stereocenters. The first-order valence-electron chi connectivity index (χ1n) is 7.15. The predicted octanol–water partition coefficient (Wildman–Crippen LogP) is 2.63. The molecule has 0 aliphatic carbocycles. The van der Waals surface area contributed by atoms with E-state index < -0.39 is 0 Å². The highest BCUT2D eigenvalue weighted by Gasteiger charge is 2.22. The van der Waals surface area contributed by atoms with Crippen LogP contribution in [0.15, 0.2) is 48.5 Å². The van der Waals surface area contributed by atoms with Gasteiger partial charge in [-0.1, -0.05) is 36.4 Å². The first kappa shape index (κ1) is 14.3. The average molecular weight is 298 g/mol. The Labute approximate surface area is 129 Å². The Morgan fingerprint density at radius 1 is 1.14 bits per heavy atom. The summed E-state index contributed by atoms with van der Waals surface area (Å²) in [5, 5.41) is 5.61. The van der Waals surface area contributed by atoms with Crippen LogP contribution in [-0.2, 0) is 6.61 Å².